The van der Waals surface area contributed by atoms with Crippen molar-refractivity contribution in [3.8, 4) is 11.5 Å². The van der Waals surface area contributed by atoms with E-state index in [1.54, 1.807) is 0 Å². The molecule has 0 amide bonds. The first-order valence-corrected chi connectivity index (χ1v) is 8.02. The Morgan fingerprint density at radius 1 is 1.05 bits per heavy atom. The van der Waals surface area contributed by atoms with Crippen LogP contribution >= 0.6 is 15.9 Å². The lowest BCUT2D eigenvalue weighted by Gasteiger charge is -2.10. The van der Waals surface area contributed by atoms with E-state index >= 15 is 0 Å². The van der Waals surface area contributed by atoms with E-state index in [1.807, 2.05) is 6.07 Å². The smallest absolute Gasteiger partial charge is 0.231 e. The molecular weight excluding hydrogens is 330 g/mol. The minimum atomic E-state index is 0.301. The van der Waals surface area contributed by atoms with Crippen molar-refractivity contribution in [3.63, 3.8) is 0 Å². The van der Waals surface area contributed by atoms with Crippen molar-refractivity contribution in [2.45, 2.75) is 25.8 Å². The maximum atomic E-state index is 5.45. The third-order valence-electron chi connectivity index (χ3n) is 4.08. The number of fused-ring (bicyclic) bond motifs is 2. The molecule has 1 aliphatic heterocycles. The highest BCUT2D eigenvalue weighted by Crippen LogP contribution is 2.40. The summed E-state index contributed by atoms with van der Waals surface area (Å²) < 4.78 is 11.8. The van der Waals surface area contributed by atoms with Crippen molar-refractivity contribution >= 4 is 21.6 Å². The molecule has 0 aromatic heterocycles. The van der Waals surface area contributed by atoms with Crippen LogP contribution in [0.25, 0.3) is 0 Å². The molecule has 1 aliphatic carbocycles. The zero-order chi connectivity index (χ0) is 14.2. The Kier molecular flexibility index (Phi) is 3.26. The lowest BCUT2D eigenvalue weighted by Crippen LogP contribution is -2.00. The molecule has 0 fully saturated rings. The van der Waals surface area contributed by atoms with Gasteiger partial charge in [0.25, 0.3) is 0 Å². The fourth-order valence-corrected chi connectivity index (χ4v) is 3.61. The van der Waals surface area contributed by atoms with Crippen LogP contribution in [0.4, 0.5) is 5.69 Å². The van der Waals surface area contributed by atoms with E-state index in [4.69, 9.17) is 9.47 Å². The van der Waals surface area contributed by atoms with E-state index in [0.29, 0.717) is 6.79 Å². The highest BCUT2D eigenvalue weighted by molar-refractivity contribution is 9.10. The summed E-state index contributed by atoms with van der Waals surface area (Å²) in [5, 5.41) is 3.49. The number of rotatable bonds is 3. The summed E-state index contributed by atoms with van der Waals surface area (Å²) in [5.41, 5.74) is 5.36. The van der Waals surface area contributed by atoms with Crippen molar-refractivity contribution in [3.05, 3.63) is 51.5 Å². The van der Waals surface area contributed by atoms with Gasteiger partial charge in [0, 0.05) is 12.2 Å². The monoisotopic (exact) mass is 345 g/mol. The highest BCUT2D eigenvalue weighted by Gasteiger charge is 2.18. The molecule has 3 nitrogen and oxygen atoms in total. The van der Waals surface area contributed by atoms with Crippen LogP contribution in [-0.4, -0.2) is 6.79 Å². The maximum absolute atomic E-state index is 5.45. The average molecular weight is 346 g/mol. The van der Waals surface area contributed by atoms with Gasteiger partial charge in [-0.3, -0.25) is 0 Å². The van der Waals surface area contributed by atoms with Gasteiger partial charge in [0.05, 0.1) is 4.47 Å². The zero-order valence-corrected chi connectivity index (χ0v) is 13.2. The summed E-state index contributed by atoms with van der Waals surface area (Å²) in [6, 6.07) is 10.8. The second-order valence-corrected chi connectivity index (χ2v) is 6.36. The third-order valence-corrected chi connectivity index (χ3v) is 4.67. The second kappa shape index (κ2) is 5.26. The fourth-order valence-electron chi connectivity index (χ4n) is 3.01. The first kappa shape index (κ1) is 13.0. The van der Waals surface area contributed by atoms with Crippen molar-refractivity contribution < 1.29 is 9.47 Å². The van der Waals surface area contributed by atoms with Gasteiger partial charge in [-0.2, -0.15) is 0 Å². The Bertz CT molecular complexity index is 699. The Hall–Kier alpha value is -1.68. The van der Waals surface area contributed by atoms with E-state index < -0.39 is 0 Å². The van der Waals surface area contributed by atoms with Crippen LogP contribution in [0, 0.1) is 0 Å². The van der Waals surface area contributed by atoms with E-state index in [1.165, 1.54) is 41.6 Å². The topological polar surface area (TPSA) is 30.5 Å². The number of hydrogen-bond donors (Lipinski definition) is 1. The number of hydrogen-bond acceptors (Lipinski definition) is 3. The molecule has 4 heteroatoms. The number of aryl methyl sites for hydroxylation is 2. The Labute approximate surface area is 132 Å². The standard InChI is InChI=1S/C17H16BrNO2/c18-15-6-11(7-16-17(15)21-10-20-16)9-19-14-5-4-12-2-1-3-13(12)8-14/h4-8,19H,1-3,9-10H2. The maximum Gasteiger partial charge on any atom is 0.231 e. The molecule has 0 radical (unpaired) electrons. The third kappa shape index (κ3) is 2.48. The zero-order valence-electron chi connectivity index (χ0n) is 11.6. The van der Waals surface area contributed by atoms with E-state index in [-0.39, 0.29) is 0 Å². The summed E-state index contributed by atoms with van der Waals surface area (Å²) >= 11 is 3.53. The molecule has 0 bridgehead atoms. The molecule has 2 aliphatic rings. The van der Waals surface area contributed by atoms with E-state index in [9.17, 15) is 0 Å². The first-order chi connectivity index (χ1) is 10.3. The molecule has 108 valence electrons. The molecule has 1 heterocycles. The summed E-state index contributed by atoms with van der Waals surface area (Å²) in [7, 11) is 0. The number of halogens is 1. The van der Waals surface area contributed by atoms with Crippen molar-refractivity contribution in [2.24, 2.45) is 0 Å². The molecule has 0 unspecified atom stereocenters. The Morgan fingerprint density at radius 2 is 1.95 bits per heavy atom. The Balaban J connectivity index is 1.51. The molecule has 1 N–H and O–H groups in total. The van der Waals surface area contributed by atoms with Crippen molar-refractivity contribution in [1.29, 1.82) is 0 Å². The predicted molar refractivity (Wildman–Crippen MR) is 86.1 cm³/mol. The normalized spacial score (nSPS) is 15.1. The molecule has 0 saturated heterocycles. The molecule has 4 rings (SSSR count). The molecule has 0 spiro atoms. The van der Waals surface area contributed by atoms with Gasteiger partial charge in [-0.05, 0) is 76.1 Å². The van der Waals surface area contributed by atoms with Crippen LogP contribution in [0.5, 0.6) is 11.5 Å². The van der Waals surface area contributed by atoms with Crippen LogP contribution in [0.2, 0.25) is 0 Å². The number of nitrogens with one attached hydrogen (secondary N) is 1. The molecule has 0 atom stereocenters. The molecule has 21 heavy (non-hydrogen) atoms. The van der Waals surface area contributed by atoms with Gasteiger partial charge in [-0.15, -0.1) is 0 Å². The van der Waals surface area contributed by atoms with Gasteiger partial charge in [-0.1, -0.05) is 6.07 Å². The minimum Gasteiger partial charge on any atom is -0.454 e. The molecule has 2 aromatic carbocycles. The number of anilines is 1. The SMILES string of the molecule is Brc1cc(CNc2ccc3c(c2)CCC3)cc2c1OCO2. The van der Waals surface area contributed by atoms with E-state index in [2.05, 4.69) is 45.5 Å². The fraction of sp³-hybridized carbons (Fsp3) is 0.294. The van der Waals surface area contributed by atoms with E-state index in [0.717, 1.165) is 22.5 Å². The van der Waals surface area contributed by atoms with Crippen molar-refractivity contribution in [1.82, 2.24) is 0 Å². The van der Waals surface area contributed by atoms with Crippen LogP contribution in [0.1, 0.15) is 23.1 Å². The van der Waals surface area contributed by atoms with Gasteiger partial charge >= 0.3 is 0 Å². The van der Waals surface area contributed by atoms with Gasteiger partial charge in [-0.25, -0.2) is 0 Å². The molecular formula is C17H16BrNO2. The first-order valence-electron chi connectivity index (χ1n) is 7.23. The average Bonchev–Trinajstić information content (AvgIpc) is 3.13. The number of ether oxygens (including phenoxy) is 2. The number of benzene rings is 2. The van der Waals surface area contributed by atoms with Crippen molar-refractivity contribution in [2.75, 3.05) is 12.1 Å². The summed E-state index contributed by atoms with van der Waals surface area (Å²) in [6.45, 7) is 1.07. The highest BCUT2D eigenvalue weighted by atomic mass is 79.9. The van der Waals surface area contributed by atoms with Gasteiger partial charge in [0.15, 0.2) is 11.5 Å². The summed E-state index contributed by atoms with van der Waals surface area (Å²) in [5.74, 6) is 1.62. The molecule has 0 saturated carbocycles. The summed E-state index contributed by atoms with van der Waals surface area (Å²) in [6.07, 6.45) is 3.72. The van der Waals surface area contributed by atoms with Crippen LogP contribution in [-0.2, 0) is 19.4 Å². The van der Waals surface area contributed by atoms with Crippen LogP contribution in [0.3, 0.4) is 0 Å². The van der Waals surface area contributed by atoms with Gasteiger partial charge in [0.1, 0.15) is 0 Å². The van der Waals surface area contributed by atoms with Gasteiger partial charge in [0.2, 0.25) is 6.79 Å². The lowest BCUT2D eigenvalue weighted by atomic mass is 10.1. The largest absolute Gasteiger partial charge is 0.454 e. The minimum absolute atomic E-state index is 0.301. The predicted octanol–water partition coefficient (Wildman–Crippen LogP) is 4.28. The second-order valence-electron chi connectivity index (χ2n) is 5.50. The quantitative estimate of drug-likeness (QED) is 0.900. The lowest BCUT2D eigenvalue weighted by molar-refractivity contribution is 0.173. The van der Waals surface area contributed by atoms with Gasteiger partial charge < -0.3 is 14.8 Å². The molecule has 2 aromatic rings. The van der Waals surface area contributed by atoms with Crippen LogP contribution < -0.4 is 14.8 Å². The summed E-state index contributed by atoms with van der Waals surface area (Å²) in [4.78, 5) is 0. The Morgan fingerprint density at radius 3 is 2.90 bits per heavy atom. The van der Waals surface area contributed by atoms with Crippen LogP contribution in [0.15, 0.2) is 34.8 Å².